The fraction of sp³-hybridized carbons (Fsp3) is 0.125. The standard InChI is InChI=1S/C16H13NO2/c18-16(19)15-8-13-4-3-11(7-14(13)9-15)6-12-2-1-5-17-10-12/h1-5,7-8,10H,6,9H2,(H,18,19). The summed E-state index contributed by atoms with van der Waals surface area (Å²) in [5.74, 6) is -0.829. The number of nitrogens with zero attached hydrogens (tertiary/aromatic N) is 1. The lowest BCUT2D eigenvalue weighted by Gasteiger charge is -2.05. The van der Waals surface area contributed by atoms with Crippen LogP contribution in [0.4, 0.5) is 0 Å². The maximum absolute atomic E-state index is 11.0. The van der Waals surface area contributed by atoms with Crippen LogP contribution in [0.15, 0.2) is 48.3 Å². The first-order valence-electron chi connectivity index (χ1n) is 6.17. The number of fused-ring (bicyclic) bond motifs is 1. The molecule has 0 spiro atoms. The molecule has 1 aromatic heterocycles. The number of carbonyl (C=O) groups is 1. The first kappa shape index (κ1) is 11.7. The van der Waals surface area contributed by atoms with Crippen molar-refractivity contribution >= 4 is 12.0 Å². The molecule has 1 aliphatic carbocycles. The van der Waals surface area contributed by atoms with E-state index in [1.807, 2.05) is 30.5 Å². The summed E-state index contributed by atoms with van der Waals surface area (Å²) in [7, 11) is 0. The Kier molecular flexibility index (Phi) is 2.88. The molecule has 0 bridgehead atoms. The van der Waals surface area contributed by atoms with Gasteiger partial charge in [-0.3, -0.25) is 4.98 Å². The third-order valence-corrected chi connectivity index (χ3v) is 3.32. The van der Waals surface area contributed by atoms with Gasteiger partial charge >= 0.3 is 5.97 Å². The van der Waals surface area contributed by atoms with E-state index in [0.29, 0.717) is 12.0 Å². The van der Waals surface area contributed by atoms with Gasteiger partial charge in [-0.15, -0.1) is 0 Å². The minimum Gasteiger partial charge on any atom is -0.478 e. The second-order valence-corrected chi connectivity index (χ2v) is 4.72. The molecular weight excluding hydrogens is 238 g/mol. The molecule has 94 valence electrons. The predicted molar refractivity (Wildman–Crippen MR) is 72.8 cm³/mol. The Morgan fingerprint density at radius 2 is 2.16 bits per heavy atom. The SMILES string of the molecule is O=C(O)C1=Cc2ccc(Cc3cccnc3)cc2C1. The second kappa shape index (κ2) is 4.69. The van der Waals surface area contributed by atoms with Crippen LogP contribution in [0.5, 0.6) is 0 Å². The van der Waals surface area contributed by atoms with Gasteiger partial charge in [-0.1, -0.05) is 24.3 Å². The van der Waals surface area contributed by atoms with Gasteiger partial charge in [0.15, 0.2) is 0 Å². The molecule has 0 aliphatic heterocycles. The normalized spacial score (nSPS) is 12.9. The smallest absolute Gasteiger partial charge is 0.331 e. The van der Waals surface area contributed by atoms with E-state index >= 15 is 0 Å². The molecular formula is C16H13NO2. The Morgan fingerprint density at radius 3 is 2.89 bits per heavy atom. The van der Waals surface area contributed by atoms with Gasteiger partial charge in [0, 0.05) is 24.4 Å². The minimum absolute atomic E-state index is 0.466. The van der Waals surface area contributed by atoms with E-state index < -0.39 is 5.97 Å². The molecule has 0 atom stereocenters. The van der Waals surface area contributed by atoms with Crippen LogP contribution >= 0.6 is 0 Å². The fourth-order valence-corrected chi connectivity index (χ4v) is 2.38. The molecule has 1 heterocycles. The minimum atomic E-state index is -0.829. The molecule has 0 amide bonds. The molecule has 0 saturated carbocycles. The number of rotatable bonds is 3. The van der Waals surface area contributed by atoms with Crippen molar-refractivity contribution in [1.29, 1.82) is 0 Å². The summed E-state index contributed by atoms with van der Waals surface area (Å²) >= 11 is 0. The van der Waals surface area contributed by atoms with E-state index in [1.54, 1.807) is 12.3 Å². The van der Waals surface area contributed by atoms with Gasteiger partial charge in [-0.25, -0.2) is 4.79 Å². The third kappa shape index (κ3) is 2.40. The Labute approximate surface area is 111 Å². The maximum Gasteiger partial charge on any atom is 0.331 e. The first-order valence-corrected chi connectivity index (χ1v) is 6.17. The predicted octanol–water partition coefficient (Wildman–Crippen LogP) is 2.70. The van der Waals surface area contributed by atoms with Gasteiger partial charge in [0.2, 0.25) is 0 Å². The fourth-order valence-electron chi connectivity index (χ4n) is 2.38. The van der Waals surface area contributed by atoms with Crippen LogP contribution in [-0.2, 0) is 17.6 Å². The van der Waals surface area contributed by atoms with Crippen molar-refractivity contribution in [3.63, 3.8) is 0 Å². The van der Waals surface area contributed by atoms with Crippen LogP contribution in [-0.4, -0.2) is 16.1 Å². The van der Waals surface area contributed by atoms with Gasteiger partial charge in [-0.05, 0) is 40.8 Å². The van der Waals surface area contributed by atoms with Crippen LogP contribution < -0.4 is 0 Å². The van der Waals surface area contributed by atoms with E-state index in [2.05, 4.69) is 11.1 Å². The van der Waals surface area contributed by atoms with Gasteiger partial charge in [-0.2, -0.15) is 0 Å². The van der Waals surface area contributed by atoms with E-state index in [-0.39, 0.29) is 0 Å². The van der Waals surface area contributed by atoms with Crippen molar-refractivity contribution < 1.29 is 9.90 Å². The highest BCUT2D eigenvalue weighted by atomic mass is 16.4. The lowest BCUT2D eigenvalue weighted by molar-refractivity contribution is -0.132. The lowest BCUT2D eigenvalue weighted by Crippen LogP contribution is -1.99. The van der Waals surface area contributed by atoms with E-state index in [4.69, 9.17) is 5.11 Å². The Balaban J connectivity index is 1.83. The summed E-state index contributed by atoms with van der Waals surface area (Å²) in [5, 5.41) is 9.01. The molecule has 3 heteroatoms. The van der Waals surface area contributed by atoms with Crippen LogP contribution in [0.25, 0.3) is 6.08 Å². The molecule has 1 aliphatic rings. The topological polar surface area (TPSA) is 50.2 Å². The molecule has 1 N–H and O–H groups in total. The number of carboxylic acids is 1. The average molecular weight is 251 g/mol. The zero-order valence-corrected chi connectivity index (χ0v) is 10.3. The second-order valence-electron chi connectivity index (χ2n) is 4.72. The largest absolute Gasteiger partial charge is 0.478 e. The summed E-state index contributed by atoms with van der Waals surface area (Å²) in [6.07, 6.45) is 6.71. The van der Waals surface area contributed by atoms with Crippen LogP contribution in [0.2, 0.25) is 0 Å². The molecule has 0 radical (unpaired) electrons. The van der Waals surface area contributed by atoms with Gasteiger partial charge in [0.1, 0.15) is 0 Å². The van der Waals surface area contributed by atoms with Crippen molar-refractivity contribution in [2.45, 2.75) is 12.8 Å². The monoisotopic (exact) mass is 251 g/mol. The van der Waals surface area contributed by atoms with Gasteiger partial charge < -0.3 is 5.11 Å². The zero-order chi connectivity index (χ0) is 13.2. The molecule has 2 aromatic rings. The summed E-state index contributed by atoms with van der Waals surface area (Å²) in [6, 6.07) is 10.1. The number of aromatic nitrogens is 1. The summed E-state index contributed by atoms with van der Waals surface area (Å²) in [4.78, 5) is 15.1. The highest BCUT2D eigenvalue weighted by molar-refractivity contribution is 5.95. The summed E-state index contributed by atoms with van der Waals surface area (Å²) in [6.45, 7) is 0. The Bertz CT molecular complexity index is 660. The number of carboxylic acid groups (broad SMARTS) is 1. The van der Waals surface area contributed by atoms with Gasteiger partial charge in [0.25, 0.3) is 0 Å². The van der Waals surface area contributed by atoms with E-state index in [0.717, 1.165) is 23.1 Å². The molecule has 0 fully saturated rings. The highest BCUT2D eigenvalue weighted by Gasteiger charge is 2.17. The molecule has 19 heavy (non-hydrogen) atoms. The maximum atomic E-state index is 11.0. The quantitative estimate of drug-likeness (QED) is 0.912. The first-order chi connectivity index (χ1) is 9.22. The van der Waals surface area contributed by atoms with Crippen molar-refractivity contribution in [1.82, 2.24) is 4.98 Å². The van der Waals surface area contributed by atoms with E-state index in [9.17, 15) is 4.79 Å². The molecule has 3 rings (SSSR count). The molecule has 0 saturated heterocycles. The summed E-state index contributed by atoms with van der Waals surface area (Å²) < 4.78 is 0. The van der Waals surface area contributed by atoms with Crippen molar-refractivity contribution in [2.24, 2.45) is 0 Å². The number of hydrogen-bond donors (Lipinski definition) is 1. The third-order valence-electron chi connectivity index (χ3n) is 3.32. The number of pyridine rings is 1. The molecule has 1 aromatic carbocycles. The van der Waals surface area contributed by atoms with E-state index in [1.165, 1.54) is 5.56 Å². The number of benzene rings is 1. The van der Waals surface area contributed by atoms with Crippen molar-refractivity contribution in [3.8, 4) is 0 Å². The highest BCUT2D eigenvalue weighted by Crippen LogP contribution is 2.26. The Hall–Kier alpha value is -2.42. The van der Waals surface area contributed by atoms with Crippen molar-refractivity contribution in [3.05, 3.63) is 70.6 Å². The van der Waals surface area contributed by atoms with Crippen LogP contribution in [0, 0.1) is 0 Å². The zero-order valence-electron chi connectivity index (χ0n) is 10.3. The molecule has 3 nitrogen and oxygen atoms in total. The van der Waals surface area contributed by atoms with Crippen LogP contribution in [0.1, 0.15) is 22.3 Å². The molecule has 0 unspecified atom stereocenters. The number of aliphatic carboxylic acids is 1. The van der Waals surface area contributed by atoms with Crippen LogP contribution in [0.3, 0.4) is 0 Å². The average Bonchev–Trinajstić information content (AvgIpc) is 2.83. The summed E-state index contributed by atoms with van der Waals surface area (Å²) in [5.41, 5.74) is 4.93. The Morgan fingerprint density at radius 1 is 1.26 bits per heavy atom. The van der Waals surface area contributed by atoms with Crippen molar-refractivity contribution in [2.75, 3.05) is 0 Å². The lowest BCUT2D eigenvalue weighted by atomic mass is 10.0. The van der Waals surface area contributed by atoms with Gasteiger partial charge in [0.05, 0.1) is 0 Å². The number of hydrogen-bond acceptors (Lipinski definition) is 2.